The molecule has 1 saturated carbocycles. The molecular weight excluding hydrogens is 313 g/mol. The van der Waals surface area contributed by atoms with E-state index in [-0.39, 0.29) is 12.2 Å². The Hall–Kier alpha value is -0.520. The molecule has 1 aliphatic rings. The van der Waals surface area contributed by atoms with E-state index in [2.05, 4.69) is 5.32 Å². The molecule has 1 unspecified atom stereocenters. The molecule has 0 bridgehead atoms. The molecule has 21 heavy (non-hydrogen) atoms. The molecule has 4 nitrogen and oxygen atoms in total. The first-order valence-corrected chi connectivity index (χ1v) is 7.82. The normalized spacial score (nSPS) is 18.1. The second-order valence-electron chi connectivity index (χ2n) is 5.41. The Kier molecular flexibility index (Phi) is 6.14. The van der Waals surface area contributed by atoms with Crippen molar-refractivity contribution in [2.24, 2.45) is 0 Å². The van der Waals surface area contributed by atoms with E-state index in [4.69, 9.17) is 32.7 Å². The van der Waals surface area contributed by atoms with Gasteiger partial charge in [-0.15, -0.1) is 0 Å². The van der Waals surface area contributed by atoms with Gasteiger partial charge in [-0.05, 0) is 37.5 Å². The van der Waals surface area contributed by atoms with Crippen LogP contribution in [0.25, 0.3) is 0 Å². The highest BCUT2D eigenvalue weighted by Gasteiger charge is 2.36. The van der Waals surface area contributed by atoms with Gasteiger partial charge in [-0.3, -0.25) is 0 Å². The molecule has 6 heteroatoms. The van der Waals surface area contributed by atoms with Crippen LogP contribution in [-0.4, -0.2) is 43.6 Å². The van der Waals surface area contributed by atoms with Crippen LogP contribution in [0.15, 0.2) is 18.2 Å². The van der Waals surface area contributed by atoms with Crippen LogP contribution in [0.3, 0.4) is 0 Å². The first kappa shape index (κ1) is 16.8. The highest BCUT2D eigenvalue weighted by molar-refractivity contribution is 6.35. The third-order valence-corrected chi connectivity index (χ3v) is 4.38. The summed E-state index contributed by atoms with van der Waals surface area (Å²) in [4.78, 5) is 0. The number of rotatable bonds is 8. The smallest absolute Gasteiger partial charge is 0.138 e. The van der Waals surface area contributed by atoms with Crippen molar-refractivity contribution in [3.63, 3.8) is 0 Å². The lowest BCUT2D eigenvalue weighted by atomic mass is 9.80. The minimum absolute atomic E-state index is 0.0416. The minimum Gasteiger partial charge on any atom is -0.489 e. The van der Waals surface area contributed by atoms with Crippen molar-refractivity contribution < 1.29 is 14.6 Å². The maximum absolute atomic E-state index is 9.92. The molecule has 0 saturated heterocycles. The van der Waals surface area contributed by atoms with Crippen LogP contribution >= 0.6 is 23.2 Å². The zero-order valence-electron chi connectivity index (χ0n) is 12.1. The topological polar surface area (TPSA) is 50.7 Å². The summed E-state index contributed by atoms with van der Waals surface area (Å²) in [6, 6.07) is 5.01. The highest BCUT2D eigenvalue weighted by atomic mass is 35.5. The molecule has 1 atom stereocenters. The summed E-state index contributed by atoms with van der Waals surface area (Å²) >= 11 is 11.8. The number of ether oxygens (including phenoxy) is 2. The molecule has 0 spiro atoms. The number of aliphatic hydroxyl groups is 1. The molecular formula is C15H21Cl2NO3. The summed E-state index contributed by atoms with van der Waals surface area (Å²) in [5.41, 5.74) is -0.0416. The Labute approximate surface area is 135 Å². The Balaban J connectivity index is 1.68. The van der Waals surface area contributed by atoms with Gasteiger partial charge in [0.1, 0.15) is 18.5 Å². The maximum atomic E-state index is 9.92. The van der Waals surface area contributed by atoms with Crippen molar-refractivity contribution in [1.82, 2.24) is 5.32 Å². The minimum atomic E-state index is -0.606. The van der Waals surface area contributed by atoms with Gasteiger partial charge in [-0.2, -0.15) is 0 Å². The fourth-order valence-electron chi connectivity index (χ4n) is 2.33. The summed E-state index contributed by atoms with van der Waals surface area (Å²) in [6.07, 6.45) is 2.74. The second kappa shape index (κ2) is 7.65. The zero-order valence-corrected chi connectivity index (χ0v) is 13.6. The molecule has 1 fully saturated rings. The summed E-state index contributed by atoms with van der Waals surface area (Å²) in [5.74, 6) is 0.521. The van der Waals surface area contributed by atoms with Crippen LogP contribution in [0.5, 0.6) is 5.75 Å². The number of aliphatic hydroxyl groups excluding tert-OH is 1. The highest BCUT2D eigenvalue weighted by Crippen LogP contribution is 2.34. The van der Waals surface area contributed by atoms with E-state index < -0.39 is 6.10 Å². The van der Waals surface area contributed by atoms with Crippen molar-refractivity contribution in [3.05, 3.63) is 28.2 Å². The lowest BCUT2D eigenvalue weighted by Crippen LogP contribution is -2.49. The molecule has 2 rings (SSSR count). The van der Waals surface area contributed by atoms with Gasteiger partial charge in [0, 0.05) is 25.2 Å². The van der Waals surface area contributed by atoms with Crippen molar-refractivity contribution in [3.8, 4) is 5.75 Å². The van der Waals surface area contributed by atoms with Crippen molar-refractivity contribution in [2.45, 2.75) is 31.0 Å². The van der Waals surface area contributed by atoms with E-state index in [1.54, 1.807) is 25.3 Å². The zero-order chi connectivity index (χ0) is 15.3. The van der Waals surface area contributed by atoms with Crippen LogP contribution in [0, 0.1) is 0 Å². The van der Waals surface area contributed by atoms with E-state index in [1.807, 2.05) is 0 Å². The van der Waals surface area contributed by atoms with E-state index in [0.29, 0.717) is 22.3 Å². The van der Waals surface area contributed by atoms with E-state index in [0.717, 1.165) is 19.4 Å². The van der Waals surface area contributed by atoms with Crippen LogP contribution in [0.4, 0.5) is 0 Å². The van der Waals surface area contributed by atoms with Gasteiger partial charge in [0.25, 0.3) is 0 Å². The third kappa shape index (κ3) is 4.73. The average Bonchev–Trinajstić information content (AvgIpc) is 2.41. The molecule has 118 valence electrons. The van der Waals surface area contributed by atoms with Gasteiger partial charge >= 0.3 is 0 Å². The fourth-order valence-corrected chi connectivity index (χ4v) is 2.79. The van der Waals surface area contributed by atoms with Crippen molar-refractivity contribution >= 4 is 23.2 Å². The summed E-state index contributed by atoms with van der Waals surface area (Å²) in [7, 11) is 1.74. The fraction of sp³-hybridized carbons (Fsp3) is 0.600. The molecule has 0 heterocycles. The van der Waals surface area contributed by atoms with E-state index in [9.17, 15) is 5.11 Å². The monoisotopic (exact) mass is 333 g/mol. The number of benzene rings is 1. The molecule has 0 aliphatic heterocycles. The standard InChI is InChI=1S/C15H21Cl2NO3/c1-20-15(5-2-6-15)10-18-8-12(19)9-21-14-4-3-11(16)7-13(14)17/h3-4,7,12,18-19H,2,5-6,8-10H2,1H3. The predicted molar refractivity (Wildman–Crippen MR) is 84.4 cm³/mol. The van der Waals surface area contributed by atoms with Gasteiger partial charge in [0.15, 0.2) is 0 Å². The molecule has 1 aliphatic carbocycles. The second-order valence-corrected chi connectivity index (χ2v) is 6.25. The lowest BCUT2D eigenvalue weighted by molar-refractivity contribution is -0.0706. The number of halogens is 2. The van der Waals surface area contributed by atoms with Crippen LogP contribution < -0.4 is 10.1 Å². The molecule has 0 aromatic heterocycles. The van der Waals surface area contributed by atoms with Gasteiger partial charge < -0.3 is 19.9 Å². The predicted octanol–water partition coefficient (Wildman–Crippen LogP) is 2.89. The largest absolute Gasteiger partial charge is 0.489 e. The number of methoxy groups -OCH3 is 1. The Bertz CT molecular complexity index is 461. The Morgan fingerprint density at radius 2 is 2.14 bits per heavy atom. The van der Waals surface area contributed by atoms with Gasteiger partial charge in [0.05, 0.1) is 10.6 Å². The third-order valence-electron chi connectivity index (χ3n) is 3.85. The number of hydrogen-bond donors (Lipinski definition) is 2. The molecule has 2 N–H and O–H groups in total. The lowest BCUT2D eigenvalue weighted by Gasteiger charge is -2.40. The van der Waals surface area contributed by atoms with Gasteiger partial charge in [-0.1, -0.05) is 23.2 Å². The van der Waals surface area contributed by atoms with Crippen molar-refractivity contribution in [1.29, 1.82) is 0 Å². The Morgan fingerprint density at radius 3 is 2.71 bits per heavy atom. The SMILES string of the molecule is COC1(CNCC(O)COc2ccc(Cl)cc2Cl)CCC1. The maximum Gasteiger partial charge on any atom is 0.138 e. The molecule has 1 aromatic rings. The van der Waals surface area contributed by atoms with E-state index >= 15 is 0 Å². The molecule has 1 aromatic carbocycles. The van der Waals surface area contributed by atoms with Gasteiger partial charge in [-0.25, -0.2) is 0 Å². The number of nitrogens with one attached hydrogen (secondary N) is 1. The average molecular weight is 334 g/mol. The van der Waals surface area contributed by atoms with Crippen LogP contribution in [0.2, 0.25) is 10.0 Å². The van der Waals surface area contributed by atoms with Crippen molar-refractivity contribution in [2.75, 3.05) is 26.8 Å². The summed E-state index contributed by atoms with van der Waals surface area (Å²) < 4.78 is 11.0. The number of hydrogen-bond acceptors (Lipinski definition) is 4. The summed E-state index contributed by atoms with van der Waals surface area (Å²) in [5, 5.41) is 14.1. The first-order valence-electron chi connectivity index (χ1n) is 7.06. The van der Waals surface area contributed by atoms with Crippen LogP contribution in [0.1, 0.15) is 19.3 Å². The first-order chi connectivity index (χ1) is 10.0. The quantitative estimate of drug-likeness (QED) is 0.768. The molecule has 0 radical (unpaired) electrons. The summed E-state index contributed by atoms with van der Waals surface area (Å²) in [6.45, 7) is 1.38. The Morgan fingerprint density at radius 1 is 1.38 bits per heavy atom. The van der Waals surface area contributed by atoms with Gasteiger partial charge in [0.2, 0.25) is 0 Å². The molecule has 0 amide bonds. The van der Waals surface area contributed by atoms with E-state index in [1.165, 1.54) is 6.42 Å². The van der Waals surface area contributed by atoms with Crippen LogP contribution in [-0.2, 0) is 4.74 Å².